The van der Waals surface area contributed by atoms with Crippen LogP contribution in [0.4, 0.5) is 0 Å². The lowest BCUT2D eigenvalue weighted by Gasteiger charge is -2.15. The van der Waals surface area contributed by atoms with Crippen molar-refractivity contribution in [3.05, 3.63) is 65.7 Å². The fourth-order valence-corrected chi connectivity index (χ4v) is 3.83. The van der Waals surface area contributed by atoms with Crippen molar-refractivity contribution in [3.63, 3.8) is 0 Å². The van der Waals surface area contributed by atoms with E-state index in [4.69, 9.17) is 0 Å². The predicted molar refractivity (Wildman–Crippen MR) is 69.9 cm³/mol. The largest absolute Gasteiger partial charge is 0.117 e. The molecule has 0 amide bonds. The van der Waals surface area contributed by atoms with Gasteiger partial charge in [-0.1, -0.05) is 55.5 Å². The van der Waals surface area contributed by atoms with E-state index in [1.54, 1.807) is 0 Å². The zero-order valence-electron chi connectivity index (χ0n) is 9.26. The summed E-state index contributed by atoms with van der Waals surface area (Å²) in [6.45, 7) is 2.33. The van der Waals surface area contributed by atoms with Gasteiger partial charge in [0.1, 0.15) is 0 Å². The summed E-state index contributed by atoms with van der Waals surface area (Å²) >= 11 is 2.00. The van der Waals surface area contributed by atoms with Crippen LogP contribution in [0.1, 0.15) is 29.2 Å². The summed E-state index contributed by atoms with van der Waals surface area (Å²) in [5, 5.41) is 0.582. The van der Waals surface area contributed by atoms with Crippen LogP contribution in [0.25, 0.3) is 0 Å². The lowest BCUT2D eigenvalue weighted by atomic mass is 9.94. The third kappa shape index (κ3) is 1.56. The molecule has 3 rings (SSSR count). The molecular formula is C15H14S. The first-order valence-electron chi connectivity index (χ1n) is 5.67. The average Bonchev–Trinajstić information content (AvgIpc) is 2.69. The summed E-state index contributed by atoms with van der Waals surface area (Å²) in [4.78, 5) is 1.45. The van der Waals surface area contributed by atoms with E-state index in [0.717, 1.165) is 0 Å². The standard InChI is InChI=1S/C15H14S/c1-11-13-9-5-6-10-14(13)16-15(11)12-7-3-2-4-8-12/h2-11,15H,1H3. The minimum absolute atomic E-state index is 0.582. The molecule has 2 unspecified atom stereocenters. The molecule has 0 aliphatic carbocycles. The Hall–Kier alpha value is -1.21. The molecule has 2 aromatic rings. The second kappa shape index (κ2) is 3.99. The molecule has 0 saturated heterocycles. The molecule has 1 heterocycles. The van der Waals surface area contributed by atoms with Crippen LogP contribution in [0.15, 0.2) is 59.5 Å². The maximum Gasteiger partial charge on any atom is 0.0410 e. The third-order valence-electron chi connectivity index (χ3n) is 3.25. The molecular weight excluding hydrogens is 212 g/mol. The Bertz CT molecular complexity index is 490. The van der Waals surface area contributed by atoms with Crippen molar-refractivity contribution in [2.45, 2.75) is 23.0 Å². The van der Waals surface area contributed by atoms with Gasteiger partial charge in [0, 0.05) is 10.1 Å². The van der Waals surface area contributed by atoms with Gasteiger partial charge in [0.05, 0.1) is 0 Å². The monoisotopic (exact) mass is 226 g/mol. The fourth-order valence-electron chi connectivity index (χ4n) is 2.37. The lowest BCUT2D eigenvalue weighted by molar-refractivity contribution is 0.752. The van der Waals surface area contributed by atoms with E-state index in [1.807, 2.05) is 11.8 Å². The van der Waals surface area contributed by atoms with Crippen LogP contribution >= 0.6 is 11.8 Å². The molecule has 0 N–H and O–H groups in total. The van der Waals surface area contributed by atoms with Crippen molar-refractivity contribution >= 4 is 11.8 Å². The van der Waals surface area contributed by atoms with E-state index in [2.05, 4.69) is 61.5 Å². The molecule has 80 valence electrons. The summed E-state index contributed by atoms with van der Waals surface area (Å²) in [6, 6.07) is 19.6. The Morgan fingerprint density at radius 2 is 1.56 bits per heavy atom. The highest BCUT2D eigenvalue weighted by atomic mass is 32.2. The van der Waals surface area contributed by atoms with Crippen molar-refractivity contribution in [1.82, 2.24) is 0 Å². The van der Waals surface area contributed by atoms with Crippen LogP contribution in [0.2, 0.25) is 0 Å². The molecule has 1 aliphatic heterocycles. The van der Waals surface area contributed by atoms with Crippen LogP contribution in [0.3, 0.4) is 0 Å². The van der Waals surface area contributed by atoms with Gasteiger partial charge in [0.2, 0.25) is 0 Å². The molecule has 0 saturated carbocycles. The van der Waals surface area contributed by atoms with Crippen LogP contribution in [0, 0.1) is 0 Å². The summed E-state index contributed by atoms with van der Waals surface area (Å²) in [5.74, 6) is 0.614. The molecule has 1 heteroatoms. The van der Waals surface area contributed by atoms with Gasteiger partial charge >= 0.3 is 0 Å². The van der Waals surface area contributed by atoms with Crippen molar-refractivity contribution in [1.29, 1.82) is 0 Å². The summed E-state index contributed by atoms with van der Waals surface area (Å²) < 4.78 is 0. The van der Waals surface area contributed by atoms with E-state index in [0.29, 0.717) is 11.2 Å². The highest BCUT2D eigenvalue weighted by Crippen LogP contribution is 2.53. The van der Waals surface area contributed by atoms with Crippen LogP contribution in [0.5, 0.6) is 0 Å². The Labute approximate surface area is 101 Å². The van der Waals surface area contributed by atoms with Crippen molar-refractivity contribution < 1.29 is 0 Å². The number of rotatable bonds is 1. The van der Waals surface area contributed by atoms with Gasteiger partial charge in [0.25, 0.3) is 0 Å². The Morgan fingerprint density at radius 1 is 0.875 bits per heavy atom. The number of thioether (sulfide) groups is 1. The van der Waals surface area contributed by atoms with Crippen molar-refractivity contribution in [3.8, 4) is 0 Å². The first kappa shape index (κ1) is 9.98. The van der Waals surface area contributed by atoms with Gasteiger partial charge in [-0.3, -0.25) is 0 Å². The molecule has 0 nitrogen and oxygen atoms in total. The van der Waals surface area contributed by atoms with Gasteiger partial charge in [-0.05, 0) is 23.1 Å². The number of hydrogen-bond donors (Lipinski definition) is 0. The Kier molecular flexibility index (Phi) is 2.49. The Morgan fingerprint density at radius 3 is 2.31 bits per heavy atom. The van der Waals surface area contributed by atoms with E-state index in [-0.39, 0.29) is 0 Å². The van der Waals surface area contributed by atoms with Gasteiger partial charge in [-0.15, -0.1) is 11.8 Å². The lowest BCUT2D eigenvalue weighted by Crippen LogP contribution is -1.98. The smallest absolute Gasteiger partial charge is 0.0410 e. The van der Waals surface area contributed by atoms with Crippen LogP contribution in [-0.2, 0) is 0 Å². The highest BCUT2D eigenvalue weighted by Gasteiger charge is 2.30. The number of hydrogen-bond acceptors (Lipinski definition) is 1. The summed E-state index contributed by atoms with van der Waals surface area (Å²) in [7, 11) is 0. The maximum atomic E-state index is 2.33. The average molecular weight is 226 g/mol. The fraction of sp³-hybridized carbons (Fsp3) is 0.200. The normalized spacial score (nSPS) is 23.1. The second-order valence-corrected chi connectivity index (χ2v) is 5.46. The molecule has 2 atom stereocenters. The molecule has 0 aromatic heterocycles. The SMILES string of the molecule is CC1c2ccccc2SC1c1ccccc1. The first-order chi connectivity index (χ1) is 7.86. The van der Waals surface area contributed by atoms with E-state index in [9.17, 15) is 0 Å². The van der Waals surface area contributed by atoms with E-state index in [1.165, 1.54) is 16.0 Å². The zero-order chi connectivity index (χ0) is 11.0. The molecule has 16 heavy (non-hydrogen) atoms. The molecule has 0 fully saturated rings. The maximum absolute atomic E-state index is 2.33. The molecule has 0 radical (unpaired) electrons. The van der Waals surface area contributed by atoms with Gasteiger partial charge < -0.3 is 0 Å². The van der Waals surface area contributed by atoms with Gasteiger partial charge in [-0.25, -0.2) is 0 Å². The van der Waals surface area contributed by atoms with E-state index >= 15 is 0 Å². The topological polar surface area (TPSA) is 0 Å². The zero-order valence-corrected chi connectivity index (χ0v) is 10.1. The molecule has 1 aliphatic rings. The third-order valence-corrected chi connectivity index (χ3v) is 4.81. The number of benzene rings is 2. The molecule has 2 aromatic carbocycles. The minimum atomic E-state index is 0.582. The number of fused-ring (bicyclic) bond motifs is 1. The van der Waals surface area contributed by atoms with Crippen LogP contribution in [-0.4, -0.2) is 0 Å². The minimum Gasteiger partial charge on any atom is -0.117 e. The molecule has 0 bridgehead atoms. The summed E-state index contributed by atoms with van der Waals surface area (Å²) in [6.07, 6.45) is 0. The quantitative estimate of drug-likeness (QED) is 0.682. The Balaban J connectivity index is 1.99. The second-order valence-electron chi connectivity index (χ2n) is 4.28. The first-order valence-corrected chi connectivity index (χ1v) is 6.55. The van der Waals surface area contributed by atoms with Gasteiger partial charge in [0.15, 0.2) is 0 Å². The van der Waals surface area contributed by atoms with Gasteiger partial charge in [-0.2, -0.15) is 0 Å². The predicted octanol–water partition coefficient (Wildman–Crippen LogP) is 4.64. The highest BCUT2D eigenvalue weighted by molar-refractivity contribution is 8.00. The van der Waals surface area contributed by atoms with E-state index < -0.39 is 0 Å². The summed E-state index contributed by atoms with van der Waals surface area (Å²) in [5.41, 5.74) is 2.94. The van der Waals surface area contributed by atoms with Crippen molar-refractivity contribution in [2.75, 3.05) is 0 Å². The molecule has 0 spiro atoms. The van der Waals surface area contributed by atoms with Crippen molar-refractivity contribution in [2.24, 2.45) is 0 Å². The van der Waals surface area contributed by atoms with Crippen LogP contribution < -0.4 is 0 Å².